The van der Waals surface area contributed by atoms with E-state index in [4.69, 9.17) is 0 Å². The van der Waals surface area contributed by atoms with Crippen molar-refractivity contribution in [2.75, 3.05) is 19.0 Å². The molecular formula is C16H17N3O2. The van der Waals surface area contributed by atoms with Gasteiger partial charge < -0.3 is 0 Å². The lowest BCUT2D eigenvalue weighted by atomic mass is 10.2. The highest BCUT2D eigenvalue weighted by Crippen LogP contribution is 2.17. The van der Waals surface area contributed by atoms with Crippen molar-refractivity contribution < 1.29 is 9.59 Å². The molecule has 2 aromatic carbocycles. The Morgan fingerprint density at radius 1 is 0.857 bits per heavy atom. The molecule has 1 N–H and O–H groups in total. The largest absolute Gasteiger partial charge is 0.343 e. The summed E-state index contributed by atoms with van der Waals surface area (Å²) in [5.41, 5.74) is 3.56. The molecule has 0 saturated heterocycles. The number of imide groups is 1. The Kier molecular flexibility index (Phi) is 4.68. The van der Waals surface area contributed by atoms with Crippen LogP contribution in [0.2, 0.25) is 0 Å². The Morgan fingerprint density at radius 2 is 1.38 bits per heavy atom. The second kappa shape index (κ2) is 6.67. The molecule has 0 radical (unpaired) electrons. The number of urea groups is 1. The van der Waals surface area contributed by atoms with Crippen LogP contribution in [0.4, 0.5) is 10.5 Å². The summed E-state index contributed by atoms with van der Waals surface area (Å²) in [5.74, 6) is -0.374. The van der Waals surface area contributed by atoms with Gasteiger partial charge in [-0.05, 0) is 24.3 Å². The Labute approximate surface area is 123 Å². The van der Waals surface area contributed by atoms with Crippen molar-refractivity contribution in [2.24, 2.45) is 0 Å². The molecule has 108 valence electrons. The van der Waals surface area contributed by atoms with Crippen molar-refractivity contribution in [3.63, 3.8) is 0 Å². The lowest BCUT2D eigenvalue weighted by Gasteiger charge is -2.23. The van der Waals surface area contributed by atoms with E-state index in [9.17, 15) is 9.59 Å². The molecular weight excluding hydrogens is 266 g/mol. The van der Waals surface area contributed by atoms with Crippen molar-refractivity contribution >= 4 is 17.6 Å². The Bertz CT molecular complexity index is 612. The number of hydrogen-bond acceptors (Lipinski definition) is 3. The van der Waals surface area contributed by atoms with E-state index in [1.54, 1.807) is 62.6 Å². The van der Waals surface area contributed by atoms with E-state index in [1.165, 1.54) is 5.01 Å². The summed E-state index contributed by atoms with van der Waals surface area (Å²) in [5, 5.41) is 1.50. The summed E-state index contributed by atoms with van der Waals surface area (Å²) in [6.07, 6.45) is 0. The van der Waals surface area contributed by atoms with Crippen LogP contribution >= 0.6 is 0 Å². The number of anilines is 1. The van der Waals surface area contributed by atoms with Crippen LogP contribution in [0.3, 0.4) is 0 Å². The minimum Gasteiger partial charge on any atom is -0.270 e. The number of benzene rings is 2. The molecule has 2 aromatic rings. The lowest BCUT2D eigenvalue weighted by Crippen LogP contribution is -2.48. The van der Waals surface area contributed by atoms with E-state index in [0.717, 1.165) is 4.90 Å². The minimum absolute atomic E-state index is 0.374. The number of rotatable bonds is 3. The fraction of sp³-hybridized carbons (Fsp3) is 0.125. The van der Waals surface area contributed by atoms with Gasteiger partial charge in [-0.3, -0.25) is 10.2 Å². The van der Waals surface area contributed by atoms with Crippen LogP contribution in [0.1, 0.15) is 10.4 Å². The van der Waals surface area contributed by atoms with E-state index < -0.39 is 6.03 Å². The number of hydrazine groups is 1. The van der Waals surface area contributed by atoms with Gasteiger partial charge in [-0.1, -0.05) is 36.4 Å². The van der Waals surface area contributed by atoms with E-state index in [2.05, 4.69) is 5.43 Å². The van der Waals surface area contributed by atoms with Crippen molar-refractivity contribution in [1.29, 1.82) is 0 Å². The Balaban J connectivity index is 2.37. The summed E-state index contributed by atoms with van der Waals surface area (Å²) in [4.78, 5) is 26.1. The van der Waals surface area contributed by atoms with Crippen molar-refractivity contribution in [1.82, 2.24) is 10.4 Å². The lowest BCUT2D eigenvalue weighted by molar-refractivity contribution is 0.0990. The van der Waals surface area contributed by atoms with Gasteiger partial charge in [-0.2, -0.15) is 0 Å². The number of para-hydroxylation sites is 1. The molecule has 21 heavy (non-hydrogen) atoms. The molecule has 0 heterocycles. The van der Waals surface area contributed by atoms with Crippen LogP contribution in [0.5, 0.6) is 0 Å². The number of hydrogen-bond donors (Lipinski definition) is 1. The van der Waals surface area contributed by atoms with Crippen LogP contribution in [0, 0.1) is 0 Å². The highest BCUT2D eigenvalue weighted by molar-refractivity contribution is 6.20. The van der Waals surface area contributed by atoms with Gasteiger partial charge in [0.1, 0.15) is 0 Å². The maximum Gasteiger partial charge on any atom is 0.343 e. The highest BCUT2D eigenvalue weighted by atomic mass is 16.2. The van der Waals surface area contributed by atoms with Crippen molar-refractivity contribution in [2.45, 2.75) is 0 Å². The van der Waals surface area contributed by atoms with E-state index in [1.807, 2.05) is 12.1 Å². The molecule has 0 spiro atoms. The summed E-state index contributed by atoms with van der Waals surface area (Å²) >= 11 is 0. The summed E-state index contributed by atoms with van der Waals surface area (Å²) < 4.78 is 0. The number of carbonyl (C=O) groups excluding carboxylic acids is 2. The number of nitrogens with one attached hydrogen (secondary N) is 1. The quantitative estimate of drug-likeness (QED) is 0.881. The number of carbonyl (C=O) groups is 2. The van der Waals surface area contributed by atoms with Gasteiger partial charge in [0.15, 0.2) is 0 Å². The SMILES string of the molecule is CN(C)NC(=O)N(C(=O)c1ccccc1)c1ccccc1. The Morgan fingerprint density at radius 3 is 1.90 bits per heavy atom. The molecule has 3 amide bonds. The van der Waals surface area contributed by atoms with E-state index >= 15 is 0 Å². The predicted octanol–water partition coefficient (Wildman–Crippen LogP) is 2.52. The first-order valence-electron chi connectivity index (χ1n) is 6.52. The average Bonchev–Trinajstić information content (AvgIpc) is 2.48. The topological polar surface area (TPSA) is 52.7 Å². The van der Waals surface area contributed by atoms with Crippen LogP contribution in [0.15, 0.2) is 60.7 Å². The van der Waals surface area contributed by atoms with Gasteiger partial charge in [0.25, 0.3) is 5.91 Å². The molecule has 0 aromatic heterocycles. The first kappa shape index (κ1) is 14.7. The van der Waals surface area contributed by atoms with Crippen LogP contribution in [-0.2, 0) is 0 Å². The van der Waals surface area contributed by atoms with Crippen molar-refractivity contribution in [3.05, 3.63) is 66.2 Å². The standard InChI is InChI=1S/C16H17N3O2/c1-18(2)17-16(21)19(14-11-7-4-8-12-14)15(20)13-9-5-3-6-10-13/h3-12H,1-2H3,(H,17,21). The molecule has 2 rings (SSSR count). The fourth-order valence-electron chi connectivity index (χ4n) is 1.85. The summed E-state index contributed by atoms with van der Waals surface area (Å²) in [6.45, 7) is 0. The van der Waals surface area contributed by atoms with Crippen LogP contribution in [-0.4, -0.2) is 31.0 Å². The zero-order valence-electron chi connectivity index (χ0n) is 12.0. The number of amides is 3. The molecule has 5 nitrogen and oxygen atoms in total. The highest BCUT2D eigenvalue weighted by Gasteiger charge is 2.24. The zero-order valence-corrected chi connectivity index (χ0v) is 12.0. The number of nitrogens with zero attached hydrogens (tertiary/aromatic N) is 2. The molecule has 0 aliphatic heterocycles. The van der Waals surface area contributed by atoms with Gasteiger partial charge in [0, 0.05) is 19.7 Å². The minimum atomic E-state index is -0.500. The van der Waals surface area contributed by atoms with Gasteiger partial charge in [-0.15, -0.1) is 0 Å². The molecule has 0 atom stereocenters. The van der Waals surface area contributed by atoms with Gasteiger partial charge >= 0.3 is 6.03 Å². The monoisotopic (exact) mass is 283 g/mol. The Hall–Kier alpha value is -2.66. The molecule has 5 heteroatoms. The third-order valence-electron chi connectivity index (χ3n) is 2.76. The van der Waals surface area contributed by atoms with Crippen LogP contribution < -0.4 is 10.3 Å². The first-order valence-corrected chi connectivity index (χ1v) is 6.52. The van der Waals surface area contributed by atoms with Gasteiger partial charge in [0.05, 0.1) is 5.69 Å². The van der Waals surface area contributed by atoms with E-state index in [-0.39, 0.29) is 5.91 Å². The molecule has 0 fully saturated rings. The first-order chi connectivity index (χ1) is 10.1. The molecule has 0 saturated carbocycles. The normalized spacial score (nSPS) is 10.2. The average molecular weight is 283 g/mol. The fourth-order valence-corrected chi connectivity index (χ4v) is 1.85. The molecule has 0 bridgehead atoms. The second-order valence-electron chi connectivity index (χ2n) is 4.65. The van der Waals surface area contributed by atoms with E-state index in [0.29, 0.717) is 11.3 Å². The van der Waals surface area contributed by atoms with Crippen LogP contribution in [0.25, 0.3) is 0 Å². The summed E-state index contributed by atoms with van der Waals surface area (Å²) in [6, 6.07) is 17.0. The van der Waals surface area contributed by atoms with Gasteiger partial charge in [-0.25, -0.2) is 14.7 Å². The smallest absolute Gasteiger partial charge is 0.270 e. The zero-order chi connectivity index (χ0) is 15.2. The third-order valence-corrected chi connectivity index (χ3v) is 2.76. The second-order valence-corrected chi connectivity index (χ2v) is 4.65. The predicted molar refractivity (Wildman–Crippen MR) is 81.9 cm³/mol. The van der Waals surface area contributed by atoms with Gasteiger partial charge in [0.2, 0.25) is 0 Å². The maximum atomic E-state index is 12.6. The molecule has 0 aliphatic carbocycles. The molecule has 0 unspecified atom stereocenters. The maximum absolute atomic E-state index is 12.6. The van der Waals surface area contributed by atoms with Crippen molar-refractivity contribution in [3.8, 4) is 0 Å². The third kappa shape index (κ3) is 3.67. The molecule has 0 aliphatic rings. The summed E-state index contributed by atoms with van der Waals surface area (Å²) in [7, 11) is 3.38.